The van der Waals surface area contributed by atoms with Crippen LogP contribution in [0.1, 0.15) is 5.56 Å². The first-order valence-corrected chi connectivity index (χ1v) is 5.80. The van der Waals surface area contributed by atoms with Gasteiger partial charge in [-0.1, -0.05) is 17.7 Å². The van der Waals surface area contributed by atoms with E-state index in [2.05, 4.69) is 15.6 Å². The van der Waals surface area contributed by atoms with E-state index < -0.39 is 23.6 Å². The highest BCUT2D eigenvalue weighted by molar-refractivity contribution is 6.30. The molecule has 0 aromatic heterocycles. The number of nitrogens with one attached hydrogen (secondary N) is 2. The third-order valence-corrected chi connectivity index (χ3v) is 2.77. The minimum absolute atomic E-state index is 0.0299. The largest absolute Gasteiger partial charge is 0.350 e. The smallest absolute Gasteiger partial charge is 0.252 e. The second-order valence-electron chi connectivity index (χ2n) is 3.84. The lowest BCUT2D eigenvalue weighted by atomic mass is 10.2. The van der Waals surface area contributed by atoms with Crippen molar-refractivity contribution in [2.24, 2.45) is 4.99 Å². The Kier molecular flexibility index (Phi) is 4.11. The van der Waals surface area contributed by atoms with Crippen LogP contribution in [0.5, 0.6) is 0 Å². The Hall–Kier alpha value is -1.95. The Morgan fingerprint density at radius 3 is 2.95 bits per heavy atom. The quantitative estimate of drug-likeness (QED) is 0.891. The van der Waals surface area contributed by atoms with E-state index in [-0.39, 0.29) is 11.6 Å². The number of hydrogen-bond acceptors (Lipinski definition) is 3. The van der Waals surface area contributed by atoms with Crippen molar-refractivity contribution in [2.75, 3.05) is 0 Å². The normalized spacial score (nSPS) is 17.6. The van der Waals surface area contributed by atoms with Gasteiger partial charge in [-0.15, -0.1) is 0 Å². The number of carbonyl (C=O) groups is 1. The van der Waals surface area contributed by atoms with Crippen molar-refractivity contribution in [3.05, 3.63) is 46.6 Å². The lowest BCUT2D eigenvalue weighted by molar-refractivity contribution is -0.122. The molecule has 0 aliphatic carbocycles. The van der Waals surface area contributed by atoms with Gasteiger partial charge in [-0.05, 0) is 17.7 Å². The van der Waals surface area contributed by atoms with Gasteiger partial charge < -0.3 is 10.6 Å². The summed E-state index contributed by atoms with van der Waals surface area (Å²) < 4.78 is 26.2. The number of benzene rings is 1. The van der Waals surface area contributed by atoms with E-state index in [1.165, 1.54) is 24.5 Å². The molecule has 0 fully saturated rings. The lowest BCUT2D eigenvalue weighted by Crippen LogP contribution is -2.36. The molecule has 1 amide bonds. The highest BCUT2D eigenvalue weighted by atomic mass is 35.5. The fourth-order valence-corrected chi connectivity index (χ4v) is 1.72. The molecule has 0 saturated heterocycles. The molecule has 1 aliphatic rings. The number of halogens is 3. The predicted molar refractivity (Wildman–Crippen MR) is 67.9 cm³/mol. The Bertz CT molecular complexity index is 560. The number of rotatable bonds is 3. The first-order chi connectivity index (χ1) is 9.08. The Labute approximate surface area is 113 Å². The van der Waals surface area contributed by atoms with Crippen molar-refractivity contribution in [3.8, 4) is 0 Å². The molecule has 1 aromatic carbocycles. The van der Waals surface area contributed by atoms with Crippen LogP contribution in [0.2, 0.25) is 5.02 Å². The van der Waals surface area contributed by atoms with Crippen LogP contribution in [0.3, 0.4) is 0 Å². The third kappa shape index (κ3) is 3.29. The van der Waals surface area contributed by atoms with E-state index in [4.69, 9.17) is 11.6 Å². The summed E-state index contributed by atoms with van der Waals surface area (Å²) in [6, 6.07) is 2.90. The van der Waals surface area contributed by atoms with E-state index in [1.54, 1.807) is 0 Å². The van der Waals surface area contributed by atoms with Crippen LogP contribution in [0, 0.1) is 5.82 Å². The summed E-state index contributed by atoms with van der Waals surface area (Å²) >= 11 is 5.61. The van der Waals surface area contributed by atoms with Crippen LogP contribution in [-0.4, -0.2) is 18.3 Å². The Morgan fingerprint density at radius 2 is 2.26 bits per heavy atom. The zero-order valence-corrected chi connectivity index (χ0v) is 10.4. The molecule has 19 heavy (non-hydrogen) atoms. The summed E-state index contributed by atoms with van der Waals surface area (Å²) in [4.78, 5) is 15.4. The first-order valence-electron chi connectivity index (χ1n) is 5.43. The van der Waals surface area contributed by atoms with Crippen molar-refractivity contribution in [1.82, 2.24) is 10.6 Å². The summed E-state index contributed by atoms with van der Waals surface area (Å²) in [6.45, 7) is 0.117. The zero-order valence-electron chi connectivity index (χ0n) is 9.66. The molecule has 2 N–H and O–H groups in total. The molecule has 1 unspecified atom stereocenters. The molecule has 7 heteroatoms. The standard InChI is InChI=1S/C12H10ClF2N3O/c13-8-3-7(1-2-9(8)14)4-17-12(19)11-10(15)5-16-6-18-11/h1-3,5-6,11H,4H2,(H,16,18)(H,17,19). The predicted octanol–water partition coefficient (Wildman–Crippen LogP) is 1.91. The van der Waals surface area contributed by atoms with Gasteiger partial charge in [0.05, 0.1) is 11.4 Å². The average molecular weight is 286 g/mol. The van der Waals surface area contributed by atoms with Crippen LogP contribution >= 0.6 is 11.6 Å². The fourth-order valence-electron chi connectivity index (χ4n) is 1.51. The fraction of sp³-hybridized carbons (Fsp3) is 0.167. The van der Waals surface area contributed by atoms with Crippen molar-refractivity contribution in [2.45, 2.75) is 12.6 Å². The van der Waals surface area contributed by atoms with Crippen LogP contribution in [0.4, 0.5) is 8.78 Å². The molecular formula is C12H10ClF2N3O. The molecule has 100 valence electrons. The number of nitrogens with zero attached hydrogens (tertiary/aromatic N) is 1. The van der Waals surface area contributed by atoms with Gasteiger partial charge in [0.15, 0.2) is 11.9 Å². The Balaban J connectivity index is 1.96. The SMILES string of the molecule is O=C(NCc1ccc(F)c(Cl)c1)C1N=CNC=C1F. The monoisotopic (exact) mass is 285 g/mol. The van der Waals surface area contributed by atoms with Crippen LogP contribution in [0.25, 0.3) is 0 Å². The van der Waals surface area contributed by atoms with Crippen molar-refractivity contribution in [3.63, 3.8) is 0 Å². The van der Waals surface area contributed by atoms with Crippen molar-refractivity contribution >= 4 is 23.8 Å². The van der Waals surface area contributed by atoms with Gasteiger partial charge in [-0.2, -0.15) is 0 Å². The minimum atomic E-state index is -1.18. The highest BCUT2D eigenvalue weighted by Crippen LogP contribution is 2.16. The molecule has 1 heterocycles. The molecule has 1 aliphatic heterocycles. The van der Waals surface area contributed by atoms with Crippen molar-refractivity contribution < 1.29 is 13.6 Å². The lowest BCUT2D eigenvalue weighted by Gasteiger charge is -2.14. The van der Waals surface area contributed by atoms with Gasteiger partial charge in [0.1, 0.15) is 5.82 Å². The van der Waals surface area contributed by atoms with Gasteiger partial charge in [0.25, 0.3) is 5.91 Å². The van der Waals surface area contributed by atoms with Gasteiger partial charge in [-0.25, -0.2) is 8.78 Å². The number of aliphatic imine (C=N–C) groups is 1. The van der Waals surface area contributed by atoms with E-state index >= 15 is 0 Å². The second kappa shape index (κ2) is 5.79. The number of hydrogen-bond donors (Lipinski definition) is 2. The summed E-state index contributed by atoms with van der Waals surface area (Å²) in [5.41, 5.74) is 0.613. The summed E-state index contributed by atoms with van der Waals surface area (Å²) in [7, 11) is 0. The van der Waals surface area contributed by atoms with Gasteiger partial charge in [0, 0.05) is 12.7 Å². The van der Waals surface area contributed by atoms with E-state index in [1.807, 2.05) is 0 Å². The maximum absolute atomic E-state index is 13.3. The maximum atomic E-state index is 13.3. The molecule has 0 bridgehead atoms. The van der Waals surface area contributed by atoms with Crippen LogP contribution in [-0.2, 0) is 11.3 Å². The molecule has 0 radical (unpaired) electrons. The zero-order chi connectivity index (χ0) is 13.8. The number of carbonyl (C=O) groups excluding carboxylic acids is 1. The molecular weight excluding hydrogens is 276 g/mol. The van der Waals surface area contributed by atoms with Crippen LogP contribution in [0.15, 0.2) is 35.2 Å². The molecule has 2 rings (SSSR count). The van der Waals surface area contributed by atoms with Gasteiger partial charge >= 0.3 is 0 Å². The maximum Gasteiger partial charge on any atom is 0.252 e. The number of amides is 1. The highest BCUT2D eigenvalue weighted by Gasteiger charge is 2.23. The Morgan fingerprint density at radius 1 is 1.47 bits per heavy atom. The summed E-state index contributed by atoms with van der Waals surface area (Å²) in [5, 5.41) is 4.91. The minimum Gasteiger partial charge on any atom is -0.350 e. The van der Waals surface area contributed by atoms with E-state index in [0.717, 1.165) is 6.20 Å². The average Bonchev–Trinajstić information content (AvgIpc) is 2.40. The van der Waals surface area contributed by atoms with Crippen LogP contribution < -0.4 is 10.6 Å². The van der Waals surface area contributed by atoms with Gasteiger partial charge in [0.2, 0.25) is 0 Å². The topological polar surface area (TPSA) is 53.5 Å². The molecule has 0 spiro atoms. The van der Waals surface area contributed by atoms with Gasteiger partial charge in [-0.3, -0.25) is 9.79 Å². The summed E-state index contributed by atoms with van der Waals surface area (Å²) in [6.07, 6.45) is 2.30. The molecule has 4 nitrogen and oxygen atoms in total. The molecule has 1 aromatic rings. The third-order valence-electron chi connectivity index (χ3n) is 2.48. The molecule has 1 atom stereocenters. The first kappa shape index (κ1) is 13.5. The van der Waals surface area contributed by atoms with E-state index in [9.17, 15) is 13.6 Å². The van der Waals surface area contributed by atoms with Crippen molar-refractivity contribution in [1.29, 1.82) is 0 Å². The molecule has 0 saturated carbocycles. The summed E-state index contributed by atoms with van der Waals surface area (Å²) in [5.74, 6) is -1.78. The van der Waals surface area contributed by atoms with E-state index in [0.29, 0.717) is 5.56 Å². The second-order valence-corrected chi connectivity index (χ2v) is 4.25.